The van der Waals surface area contributed by atoms with Gasteiger partial charge in [0.1, 0.15) is 0 Å². The number of amides is 3. The molecule has 1 heterocycles. The Morgan fingerprint density at radius 1 is 0.900 bits per heavy atom. The van der Waals surface area contributed by atoms with Crippen molar-refractivity contribution in [3.8, 4) is 0 Å². The fourth-order valence-corrected chi connectivity index (χ4v) is 4.88. The summed E-state index contributed by atoms with van der Waals surface area (Å²) in [6.45, 7) is 0. The highest BCUT2D eigenvalue weighted by atomic mass is 16.4. The highest BCUT2D eigenvalue weighted by Gasteiger charge is 2.59. The molecule has 150 valence electrons. The van der Waals surface area contributed by atoms with Gasteiger partial charge >= 0.3 is 0 Å². The molecule has 2 bridgehead atoms. The standard InChI is InChI=1S/C23H18N2O5/c26-20(24-17-4-2-1-3-16(17)23(29)30)12-7-9-15(10-8-12)25-21(27)18-13-5-6-14(11-13)19(18)22(25)28/h1-10,13-14,18-19H,11H2,(H,24,26)(H,29,30)/p-1/t13-,14+,18-,19-/m0/s1. The van der Waals surface area contributed by atoms with Crippen molar-refractivity contribution in [2.45, 2.75) is 6.42 Å². The number of nitrogens with one attached hydrogen (secondary N) is 1. The first-order valence-corrected chi connectivity index (χ1v) is 9.73. The van der Waals surface area contributed by atoms with Gasteiger partial charge in [0.25, 0.3) is 5.91 Å². The molecule has 0 aromatic heterocycles. The molecule has 7 heteroatoms. The van der Waals surface area contributed by atoms with Crippen molar-refractivity contribution < 1.29 is 24.3 Å². The lowest BCUT2D eigenvalue weighted by Crippen LogP contribution is -2.32. The molecule has 0 radical (unpaired) electrons. The minimum Gasteiger partial charge on any atom is -0.545 e. The number of benzene rings is 2. The number of nitrogens with zero attached hydrogens (tertiary/aromatic N) is 1. The van der Waals surface area contributed by atoms with Crippen LogP contribution in [0.1, 0.15) is 27.1 Å². The Morgan fingerprint density at radius 2 is 1.50 bits per heavy atom. The number of anilines is 2. The van der Waals surface area contributed by atoms with Crippen LogP contribution in [0.3, 0.4) is 0 Å². The SMILES string of the molecule is O=C(Nc1ccccc1C(=O)[O-])c1ccc(N2C(=O)[C@@H]3[C@@H](C2=O)[C@H]2C=C[C@@H]3C2)cc1. The number of rotatable bonds is 4. The predicted octanol–water partition coefficient (Wildman–Crippen LogP) is 1.61. The average molecular weight is 401 g/mol. The topological polar surface area (TPSA) is 107 Å². The number of hydrogen-bond donors (Lipinski definition) is 1. The Bertz CT molecular complexity index is 1090. The Balaban J connectivity index is 1.35. The van der Waals surface area contributed by atoms with Gasteiger partial charge in [0, 0.05) is 11.1 Å². The predicted molar refractivity (Wildman–Crippen MR) is 105 cm³/mol. The number of carboxylic acid groups (broad SMARTS) is 1. The van der Waals surface area contributed by atoms with Crippen molar-refractivity contribution in [3.05, 3.63) is 71.8 Å². The molecule has 7 nitrogen and oxygen atoms in total. The summed E-state index contributed by atoms with van der Waals surface area (Å²) >= 11 is 0. The van der Waals surface area contributed by atoms with E-state index < -0.39 is 11.9 Å². The van der Waals surface area contributed by atoms with Crippen LogP contribution in [0.4, 0.5) is 11.4 Å². The molecule has 2 aromatic carbocycles. The molecule has 4 atom stereocenters. The zero-order valence-electron chi connectivity index (χ0n) is 15.8. The van der Waals surface area contributed by atoms with E-state index in [4.69, 9.17) is 0 Å². The maximum Gasteiger partial charge on any atom is 0.255 e. The first-order valence-electron chi connectivity index (χ1n) is 9.73. The first-order chi connectivity index (χ1) is 14.5. The Labute approximate surface area is 172 Å². The Morgan fingerprint density at radius 3 is 2.10 bits per heavy atom. The maximum absolute atomic E-state index is 12.9. The lowest BCUT2D eigenvalue weighted by atomic mass is 9.85. The fraction of sp³-hybridized carbons (Fsp3) is 0.217. The summed E-state index contributed by atoms with van der Waals surface area (Å²) in [6.07, 6.45) is 4.95. The van der Waals surface area contributed by atoms with Crippen LogP contribution in [0.25, 0.3) is 0 Å². The van der Waals surface area contributed by atoms with Crippen molar-refractivity contribution in [2.24, 2.45) is 23.7 Å². The molecule has 0 spiro atoms. The van der Waals surface area contributed by atoms with E-state index in [-0.39, 0.29) is 52.3 Å². The Hall–Kier alpha value is -3.74. The number of carbonyl (C=O) groups is 4. The van der Waals surface area contributed by atoms with Crippen molar-refractivity contribution in [3.63, 3.8) is 0 Å². The van der Waals surface area contributed by atoms with Crippen molar-refractivity contribution in [2.75, 3.05) is 10.2 Å². The second-order valence-electron chi connectivity index (χ2n) is 7.85. The van der Waals surface area contributed by atoms with Gasteiger partial charge in [-0.05, 0) is 48.6 Å². The van der Waals surface area contributed by atoms with E-state index in [9.17, 15) is 24.3 Å². The van der Waals surface area contributed by atoms with Crippen LogP contribution in [-0.2, 0) is 9.59 Å². The van der Waals surface area contributed by atoms with E-state index in [2.05, 4.69) is 5.32 Å². The summed E-state index contributed by atoms with van der Waals surface area (Å²) in [4.78, 5) is 50.7. The molecule has 3 aliphatic rings. The van der Waals surface area contributed by atoms with E-state index in [1.54, 1.807) is 18.2 Å². The highest BCUT2D eigenvalue weighted by Crippen LogP contribution is 2.53. The lowest BCUT2D eigenvalue weighted by molar-refractivity contribution is -0.254. The second kappa shape index (κ2) is 6.66. The lowest BCUT2D eigenvalue weighted by Gasteiger charge is -2.17. The minimum absolute atomic E-state index is 0.120. The van der Waals surface area contributed by atoms with Crippen LogP contribution in [-0.4, -0.2) is 23.7 Å². The summed E-state index contributed by atoms with van der Waals surface area (Å²) in [5.41, 5.74) is 0.719. The second-order valence-corrected chi connectivity index (χ2v) is 7.85. The third-order valence-corrected chi connectivity index (χ3v) is 6.25. The van der Waals surface area contributed by atoms with Gasteiger partial charge in [0.2, 0.25) is 11.8 Å². The molecule has 5 rings (SSSR count). The average Bonchev–Trinajstić information content (AvgIpc) is 3.42. The first kappa shape index (κ1) is 18.3. The number of para-hydroxylation sites is 1. The highest BCUT2D eigenvalue weighted by molar-refractivity contribution is 6.23. The van der Waals surface area contributed by atoms with Gasteiger partial charge in [-0.2, -0.15) is 0 Å². The quantitative estimate of drug-likeness (QED) is 0.619. The zero-order chi connectivity index (χ0) is 21.0. The van der Waals surface area contributed by atoms with Crippen molar-refractivity contribution in [1.82, 2.24) is 0 Å². The number of imide groups is 1. The minimum atomic E-state index is -1.39. The fourth-order valence-electron chi connectivity index (χ4n) is 4.88. The third kappa shape index (κ3) is 2.66. The van der Waals surface area contributed by atoms with Crippen molar-refractivity contribution in [1.29, 1.82) is 0 Å². The maximum atomic E-state index is 12.9. The van der Waals surface area contributed by atoms with Crippen LogP contribution >= 0.6 is 0 Å². The van der Waals surface area contributed by atoms with E-state index in [1.807, 2.05) is 12.2 Å². The van der Waals surface area contributed by atoms with Gasteiger partial charge in [-0.3, -0.25) is 19.3 Å². The number of allylic oxidation sites excluding steroid dienone is 2. The van der Waals surface area contributed by atoms with Gasteiger partial charge < -0.3 is 15.2 Å². The van der Waals surface area contributed by atoms with Gasteiger partial charge in [0.05, 0.1) is 29.2 Å². The van der Waals surface area contributed by atoms with Gasteiger partial charge in [0.15, 0.2) is 0 Å². The van der Waals surface area contributed by atoms with Crippen LogP contribution < -0.4 is 15.3 Å². The summed E-state index contributed by atoms with van der Waals surface area (Å²) in [7, 11) is 0. The number of carboxylic acids is 1. The van der Waals surface area contributed by atoms with Gasteiger partial charge in [-0.15, -0.1) is 0 Å². The van der Waals surface area contributed by atoms with Gasteiger partial charge in [-0.1, -0.05) is 30.4 Å². The van der Waals surface area contributed by atoms with Crippen LogP contribution in [0.2, 0.25) is 0 Å². The van der Waals surface area contributed by atoms with Crippen LogP contribution in [0.5, 0.6) is 0 Å². The molecule has 2 fully saturated rings. The summed E-state index contributed by atoms with van der Waals surface area (Å²) < 4.78 is 0. The molecule has 1 saturated carbocycles. The largest absolute Gasteiger partial charge is 0.545 e. The molecular formula is C23H17N2O5-. The van der Waals surface area contributed by atoms with Crippen LogP contribution in [0, 0.1) is 23.7 Å². The zero-order valence-corrected chi connectivity index (χ0v) is 15.8. The van der Waals surface area contributed by atoms with Crippen molar-refractivity contribution >= 4 is 35.1 Å². The number of fused-ring (bicyclic) bond motifs is 5. The van der Waals surface area contributed by atoms with E-state index >= 15 is 0 Å². The monoisotopic (exact) mass is 401 g/mol. The molecule has 2 aliphatic carbocycles. The molecule has 1 saturated heterocycles. The summed E-state index contributed by atoms with van der Waals surface area (Å²) in [5.74, 6) is -2.54. The smallest absolute Gasteiger partial charge is 0.255 e. The summed E-state index contributed by atoms with van der Waals surface area (Å²) in [5, 5.41) is 13.7. The van der Waals surface area contributed by atoms with Gasteiger partial charge in [-0.25, -0.2) is 0 Å². The number of aromatic carboxylic acids is 1. The van der Waals surface area contributed by atoms with E-state index in [0.717, 1.165) is 6.42 Å². The normalized spacial score (nSPS) is 26.2. The number of carbonyl (C=O) groups excluding carboxylic acids is 4. The molecule has 30 heavy (non-hydrogen) atoms. The molecular weight excluding hydrogens is 384 g/mol. The van der Waals surface area contributed by atoms with Crippen LogP contribution in [0.15, 0.2) is 60.7 Å². The molecule has 2 aromatic rings. The molecule has 3 amide bonds. The van der Waals surface area contributed by atoms with E-state index in [0.29, 0.717) is 5.69 Å². The number of hydrogen-bond acceptors (Lipinski definition) is 5. The molecule has 1 aliphatic heterocycles. The molecule has 1 N–H and O–H groups in total. The molecule has 0 unspecified atom stereocenters. The summed E-state index contributed by atoms with van der Waals surface area (Å²) in [6, 6.07) is 12.1. The third-order valence-electron chi connectivity index (χ3n) is 6.25. The Kier molecular flexibility index (Phi) is 4.06. The van der Waals surface area contributed by atoms with E-state index in [1.165, 1.54) is 35.2 Å².